The number of halogens is 2. The largest absolute Gasteiger partial charge is 0.364 e. The van der Waals surface area contributed by atoms with Gasteiger partial charge in [-0.05, 0) is 24.6 Å². The molecule has 0 unspecified atom stereocenters. The molecule has 1 fully saturated rings. The van der Waals surface area contributed by atoms with Crippen LogP contribution in [0.3, 0.4) is 0 Å². The molecule has 1 heterocycles. The fourth-order valence-electron chi connectivity index (χ4n) is 2.15. The monoisotopic (exact) mass is 242 g/mol. The Hall–Kier alpha value is -0.800. The van der Waals surface area contributed by atoms with Crippen molar-refractivity contribution in [3.63, 3.8) is 0 Å². The third-order valence-corrected chi connectivity index (χ3v) is 3.27. The Morgan fingerprint density at radius 2 is 2.38 bits per heavy atom. The van der Waals surface area contributed by atoms with Gasteiger partial charge in [0.1, 0.15) is 5.82 Å². The second kappa shape index (κ2) is 5.02. The fraction of sp³-hybridized carbons (Fsp3) is 0.500. The van der Waals surface area contributed by atoms with E-state index in [0.29, 0.717) is 16.8 Å². The predicted molar refractivity (Wildman–Crippen MR) is 65.7 cm³/mol. The number of hydrogen-bond donors (Lipinski definition) is 1. The molecular weight excluding hydrogens is 227 g/mol. The summed E-state index contributed by atoms with van der Waals surface area (Å²) in [6, 6.07) is 5.09. The Morgan fingerprint density at radius 1 is 1.56 bits per heavy atom. The van der Waals surface area contributed by atoms with Crippen molar-refractivity contribution in [2.75, 3.05) is 24.5 Å². The molecule has 0 aliphatic carbocycles. The minimum atomic E-state index is -0.190. The maximum Gasteiger partial charge on any atom is 0.146 e. The topological polar surface area (TPSA) is 15.3 Å². The summed E-state index contributed by atoms with van der Waals surface area (Å²) in [5.41, 5.74) is 0.626. The second-order valence-corrected chi connectivity index (χ2v) is 4.49. The van der Waals surface area contributed by atoms with Crippen LogP contribution in [0.25, 0.3) is 0 Å². The van der Waals surface area contributed by atoms with Gasteiger partial charge in [-0.15, -0.1) is 0 Å². The van der Waals surface area contributed by atoms with Crippen LogP contribution in [0, 0.1) is 5.82 Å². The van der Waals surface area contributed by atoms with Crippen LogP contribution in [0.1, 0.15) is 13.3 Å². The summed E-state index contributed by atoms with van der Waals surface area (Å²) >= 11 is 5.92. The molecule has 88 valence electrons. The van der Waals surface area contributed by atoms with E-state index in [0.717, 1.165) is 26.1 Å². The van der Waals surface area contributed by atoms with Crippen molar-refractivity contribution >= 4 is 17.3 Å². The molecule has 0 spiro atoms. The third-order valence-electron chi connectivity index (χ3n) is 3.04. The van der Waals surface area contributed by atoms with Gasteiger partial charge in [0.2, 0.25) is 0 Å². The summed E-state index contributed by atoms with van der Waals surface area (Å²) in [6.07, 6.45) is 0.999. The van der Waals surface area contributed by atoms with Gasteiger partial charge in [-0.1, -0.05) is 18.5 Å². The van der Waals surface area contributed by atoms with Crippen LogP contribution >= 0.6 is 11.6 Å². The van der Waals surface area contributed by atoms with Crippen molar-refractivity contribution in [1.29, 1.82) is 0 Å². The SMILES string of the molecule is CC[C@@H]1CNCCN1c1cc(Cl)ccc1F. The number of nitrogens with one attached hydrogen (secondary N) is 1. The van der Waals surface area contributed by atoms with E-state index in [2.05, 4.69) is 17.1 Å². The highest BCUT2D eigenvalue weighted by Crippen LogP contribution is 2.26. The molecule has 4 heteroatoms. The van der Waals surface area contributed by atoms with Crippen molar-refractivity contribution < 1.29 is 4.39 Å². The highest BCUT2D eigenvalue weighted by molar-refractivity contribution is 6.30. The molecule has 16 heavy (non-hydrogen) atoms. The number of anilines is 1. The van der Waals surface area contributed by atoms with Crippen LogP contribution in [0.5, 0.6) is 0 Å². The third kappa shape index (κ3) is 2.30. The van der Waals surface area contributed by atoms with Gasteiger partial charge in [0.15, 0.2) is 0 Å². The van der Waals surface area contributed by atoms with Gasteiger partial charge in [-0.2, -0.15) is 0 Å². The zero-order chi connectivity index (χ0) is 11.5. The minimum Gasteiger partial charge on any atom is -0.364 e. The van der Waals surface area contributed by atoms with E-state index in [1.54, 1.807) is 12.1 Å². The van der Waals surface area contributed by atoms with Crippen LogP contribution in [-0.2, 0) is 0 Å². The molecule has 1 atom stereocenters. The summed E-state index contributed by atoms with van der Waals surface area (Å²) in [7, 11) is 0. The molecule has 2 rings (SSSR count). The van der Waals surface area contributed by atoms with Gasteiger partial charge in [0.25, 0.3) is 0 Å². The number of benzene rings is 1. The molecule has 0 saturated carbocycles. The van der Waals surface area contributed by atoms with Crippen molar-refractivity contribution in [1.82, 2.24) is 5.32 Å². The zero-order valence-electron chi connectivity index (χ0n) is 9.34. The van der Waals surface area contributed by atoms with E-state index in [-0.39, 0.29) is 5.82 Å². The van der Waals surface area contributed by atoms with E-state index in [4.69, 9.17) is 11.6 Å². The number of piperazine rings is 1. The summed E-state index contributed by atoms with van der Waals surface area (Å²) in [4.78, 5) is 2.11. The smallest absolute Gasteiger partial charge is 0.146 e. The second-order valence-electron chi connectivity index (χ2n) is 4.06. The average Bonchev–Trinajstić information content (AvgIpc) is 2.32. The van der Waals surface area contributed by atoms with Crippen molar-refractivity contribution in [3.05, 3.63) is 29.0 Å². The number of rotatable bonds is 2. The lowest BCUT2D eigenvalue weighted by atomic mass is 10.1. The molecular formula is C12H16ClFN2. The van der Waals surface area contributed by atoms with Crippen LogP contribution in [0.2, 0.25) is 5.02 Å². The quantitative estimate of drug-likeness (QED) is 0.858. The van der Waals surface area contributed by atoms with Gasteiger partial charge < -0.3 is 10.2 Å². The zero-order valence-corrected chi connectivity index (χ0v) is 10.1. The summed E-state index contributed by atoms with van der Waals surface area (Å²) in [5.74, 6) is -0.190. The summed E-state index contributed by atoms with van der Waals surface area (Å²) in [5, 5.41) is 3.91. The van der Waals surface area contributed by atoms with Crippen LogP contribution in [0.15, 0.2) is 18.2 Å². The Balaban J connectivity index is 2.30. The maximum absolute atomic E-state index is 13.7. The van der Waals surface area contributed by atoms with Crippen LogP contribution < -0.4 is 10.2 Å². The van der Waals surface area contributed by atoms with Crippen molar-refractivity contribution in [3.8, 4) is 0 Å². The van der Waals surface area contributed by atoms with E-state index in [1.807, 2.05) is 0 Å². The summed E-state index contributed by atoms with van der Waals surface area (Å²) in [6.45, 7) is 4.74. The molecule has 0 radical (unpaired) electrons. The van der Waals surface area contributed by atoms with Crippen molar-refractivity contribution in [2.45, 2.75) is 19.4 Å². The highest BCUT2D eigenvalue weighted by atomic mass is 35.5. The first-order chi connectivity index (χ1) is 7.72. The maximum atomic E-state index is 13.7. The molecule has 1 aliphatic heterocycles. The van der Waals surface area contributed by atoms with Crippen LogP contribution in [-0.4, -0.2) is 25.7 Å². The molecule has 0 aromatic heterocycles. The van der Waals surface area contributed by atoms with Gasteiger partial charge in [-0.3, -0.25) is 0 Å². The van der Waals surface area contributed by atoms with Crippen LogP contribution in [0.4, 0.5) is 10.1 Å². The molecule has 0 bridgehead atoms. The highest BCUT2D eigenvalue weighted by Gasteiger charge is 2.23. The Kier molecular flexibility index (Phi) is 3.66. The first kappa shape index (κ1) is 11.7. The summed E-state index contributed by atoms with van der Waals surface area (Å²) < 4.78 is 13.7. The Bertz CT molecular complexity index is 370. The number of nitrogens with zero attached hydrogens (tertiary/aromatic N) is 1. The predicted octanol–water partition coefficient (Wildman–Crippen LogP) is 2.67. The van der Waals surface area contributed by atoms with Gasteiger partial charge in [0.05, 0.1) is 5.69 Å². The number of hydrogen-bond acceptors (Lipinski definition) is 2. The van der Waals surface area contributed by atoms with E-state index in [9.17, 15) is 4.39 Å². The standard InChI is InChI=1S/C12H16ClFN2/c1-2-10-8-15-5-6-16(10)12-7-9(13)3-4-11(12)14/h3-4,7,10,15H,2,5-6,8H2,1H3/t10-/m1/s1. The van der Waals surface area contributed by atoms with Gasteiger partial charge in [-0.25, -0.2) is 4.39 Å². The molecule has 1 aliphatic rings. The van der Waals surface area contributed by atoms with E-state index >= 15 is 0 Å². The normalized spacial score (nSPS) is 21.2. The first-order valence-corrected chi connectivity index (χ1v) is 6.02. The Labute approximate surface area is 100 Å². The molecule has 2 nitrogen and oxygen atoms in total. The average molecular weight is 243 g/mol. The lowest BCUT2D eigenvalue weighted by molar-refractivity contribution is 0.459. The van der Waals surface area contributed by atoms with E-state index < -0.39 is 0 Å². The first-order valence-electron chi connectivity index (χ1n) is 5.64. The van der Waals surface area contributed by atoms with Gasteiger partial charge >= 0.3 is 0 Å². The molecule has 1 aromatic rings. The van der Waals surface area contributed by atoms with E-state index in [1.165, 1.54) is 6.07 Å². The minimum absolute atomic E-state index is 0.190. The molecule has 0 amide bonds. The molecule has 1 N–H and O–H groups in total. The van der Waals surface area contributed by atoms with Crippen molar-refractivity contribution in [2.24, 2.45) is 0 Å². The Morgan fingerprint density at radius 3 is 3.12 bits per heavy atom. The lowest BCUT2D eigenvalue weighted by Gasteiger charge is -2.37. The van der Waals surface area contributed by atoms with Gasteiger partial charge in [0, 0.05) is 30.7 Å². The molecule has 1 aromatic carbocycles. The fourth-order valence-corrected chi connectivity index (χ4v) is 2.32. The molecule has 1 saturated heterocycles. The lowest BCUT2D eigenvalue weighted by Crippen LogP contribution is -2.51.